The van der Waals surface area contributed by atoms with E-state index in [1.165, 1.54) is 5.56 Å². The van der Waals surface area contributed by atoms with Crippen molar-refractivity contribution in [1.82, 2.24) is 10.6 Å². The summed E-state index contributed by atoms with van der Waals surface area (Å²) in [4.78, 5) is 0. The van der Waals surface area contributed by atoms with Gasteiger partial charge in [-0.05, 0) is 57.1 Å². The summed E-state index contributed by atoms with van der Waals surface area (Å²) in [5.41, 5.74) is 1.60. The summed E-state index contributed by atoms with van der Waals surface area (Å²) in [6.07, 6.45) is 6.93. The highest BCUT2D eigenvalue weighted by Gasteiger charge is 2.30. The first-order valence-corrected chi connectivity index (χ1v) is 7.09. The Morgan fingerprint density at radius 2 is 1.95 bits per heavy atom. The Kier molecular flexibility index (Phi) is 5.14. The molecule has 3 heteroatoms. The van der Waals surface area contributed by atoms with Gasteiger partial charge < -0.3 is 15.7 Å². The van der Waals surface area contributed by atoms with Gasteiger partial charge in [0.1, 0.15) is 0 Å². The molecule has 1 saturated heterocycles. The fourth-order valence-corrected chi connectivity index (χ4v) is 2.48. The molecule has 1 aliphatic heterocycles. The van der Waals surface area contributed by atoms with Crippen LogP contribution in [0, 0.1) is 0 Å². The third kappa shape index (κ3) is 3.90. The summed E-state index contributed by atoms with van der Waals surface area (Å²) >= 11 is 0. The Hall–Kier alpha value is -1.16. The summed E-state index contributed by atoms with van der Waals surface area (Å²) < 4.78 is 0. The molecular formula is C16H24N2O. The lowest BCUT2D eigenvalue weighted by Gasteiger charge is -2.33. The number of nitrogens with one attached hydrogen (secondary N) is 2. The largest absolute Gasteiger partial charge is 0.385 e. The zero-order valence-electron chi connectivity index (χ0n) is 11.7. The van der Waals surface area contributed by atoms with Gasteiger partial charge in [-0.2, -0.15) is 0 Å². The molecule has 0 atom stereocenters. The van der Waals surface area contributed by atoms with Crippen molar-refractivity contribution in [2.75, 3.05) is 26.7 Å². The van der Waals surface area contributed by atoms with E-state index < -0.39 is 5.60 Å². The van der Waals surface area contributed by atoms with Crippen LogP contribution in [0.25, 0.3) is 6.08 Å². The van der Waals surface area contributed by atoms with E-state index in [4.69, 9.17) is 0 Å². The molecule has 1 aliphatic rings. The Morgan fingerprint density at radius 1 is 1.26 bits per heavy atom. The van der Waals surface area contributed by atoms with Crippen LogP contribution in [0.2, 0.25) is 0 Å². The number of piperidine rings is 1. The van der Waals surface area contributed by atoms with Gasteiger partial charge >= 0.3 is 0 Å². The molecule has 0 spiro atoms. The van der Waals surface area contributed by atoms with Gasteiger partial charge in [-0.3, -0.25) is 0 Å². The first kappa shape index (κ1) is 14.3. The molecule has 0 unspecified atom stereocenters. The van der Waals surface area contributed by atoms with E-state index in [0.717, 1.165) is 44.5 Å². The molecular weight excluding hydrogens is 236 g/mol. The lowest BCUT2D eigenvalue weighted by Crippen LogP contribution is -2.39. The Balaban J connectivity index is 1.99. The molecule has 0 aromatic heterocycles. The van der Waals surface area contributed by atoms with Gasteiger partial charge in [0.05, 0.1) is 5.60 Å². The second-order valence-electron chi connectivity index (χ2n) is 5.20. The molecule has 3 N–H and O–H groups in total. The zero-order chi connectivity index (χ0) is 13.6. The van der Waals surface area contributed by atoms with E-state index in [0.29, 0.717) is 0 Å². The second-order valence-corrected chi connectivity index (χ2v) is 5.20. The molecule has 0 bridgehead atoms. The first-order chi connectivity index (χ1) is 9.24. The SMILES string of the molecule is CNCCC=Cc1ccc(C2(O)CCNCC2)cc1. The van der Waals surface area contributed by atoms with E-state index in [1.54, 1.807) is 0 Å². The molecule has 1 aromatic rings. The lowest BCUT2D eigenvalue weighted by molar-refractivity contribution is 0.00594. The molecule has 1 fully saturated rings. The van der Waals surface area contributed by atoms with E-state index in [2.05, 4.69) is 47.1 Å². The van der Waals surface area contributed by atoms with Crippen LogP contribution in [0.3, 0.4) is 0 Å². The summed E-state index contributed by atoms with van der Waals surface area (Å²) in [5, 5.41) is 17.0. The number of hydrogen-bond acceptors (Lipinski definition) is 3. The van der Waals surface area contributed by atoms with Gasteiger partial charge in [-0.25, -0.2) is 0 Å². The maximum atomic E-state index is 10.6. The van der Waals surface area contributed by atoms with E-state index in [1.807, 2.05) is 7.05 Å². The van der Waals surface area contributed by atoms with Crippen LogP contribution in [0.1, 0.15) is 30.4 Å². The number of rotatable bonds is 5. The van der Waals surface area contributed by atoms with Gasteiger partial charge in [0, 0.05) is 0 Å². The highest BCUT2D eigenvalue weighted by atomic mass is 16.3. The first-order valence-electron chi connectivity index (χ1n) is 7.09. The smallest absolute Gasteiger partial charge is 0.0920 e. The molecule has 0 aliphatic carbocycles. The minimum Gasteiger partial charge on any atom is -0.385 e. The fourth-order valence-electron chi connectivity index (χ4n) is 2.48. The van der Waals surface area contributed by atoms with Gasteiger partial charge in [0.2, 0.25) is 0 Å². The lowest BCUT2D eigenvalue weighted by atomic mass is 9.85. The second kappa shape index (κ2) is 6.85. The van der Waals surface area contributed by atoms with Crippen LogP contribution in [0.4, 0.5) is 0 Å². The number of hydrogen-bond donors (Lipinski definition) is 3. The highest BCUT2D eigenvalue weighted by molar-refractivity contribution is 5.50. The maximum Gasteiger partial charge on any atom is 0.0920 e. The summed E-state index contributed by atoms with van der Waals surface area (Å²) in [6, 6.07) is 8.29. The predicted octanol–water partition coefficient (Wildman–Crippen LogP) is 1.88. The number of benzene rings is 1. The predicted molar refractivity (Wildman–Crippen MR) is 80.0 cm³/mol. The molecule has 2 rings (SSSR count). The molecule has 0 amide bonds. The maximum absolute atomic E-state index is 10.6. The van der Waals surface area contributed by atoms with Crippen molar-refractivity contribution in [3.05, 3.63) is 41.5 Å². The van der Waals surface area contributed by atoms with Crippen LogP contribution >= 0.6 is 0 Å². The van der Waals surface area contributed by atoms with E-state index in [-0.39, 0.29) is 0 Å². The summed E-state index contributed by atoms with van der Waals surface area (Å²) in [7, 11) is 1.96. The fraction of sp³-hybridized carbons (Fsp3) is 0.500. The van der Waals surface area contributed by atoms with Crippen LogP contribution in [-0.2, 0) is 5.60 Å². The molecule has 0 radical (unpaired) electrons. The van der Waals surface area contributed by atoms with Crippen LogP contribution < -0.4 is 10.6 Å². The molecule has 19 heavy (non-hydrogen) atoms. The highest BCUT2D eigenvalue weighted by Crippen LogP contribution is 2.30. The van der Waals surface area contributed by atoms with Gasteiger partial charge in [-0.15, -0.1) is 0 Å². The molecule has 104 valence electrons. The normalized spacial score (nSPS) is 18.8. The quantitative estimate of drug-likeness (QED) is 0.708. The Bertz CT molecular complexity index is 405. The monoisotopic (exact) mass is 260 g/mol. The summed E-state index contributed by atoms with van der Waals surface area (Å²) in [5.74, 6) is 0. The van der Waals surface area contributed by atoms with Crippen molar-refractivity contribution in [1.29, 1.82) is 0 Å². The Morgan fingerprint density at radius 3 is 2.58 bits per heavy atom. The van der Waals surface area contributed by atoms with Gasteiger partial charge in [0.25, 0.3) is 0 Å². The van der Waals surface area contributed by atoms with Crippen molar-refractivity contribution in [2.24, 2.45) is 0 Å². The third-order valence-corrected chi connectivity index (χ3v) is 3.75. The van der Waals surface area contributed by atoms with E-state index in [9.17, 15) is 5.11 Å². The minimum atomic E-state index is -0.639. The Labute approximate surface area is 115 Å². The average Bonchev–Trinajstić information content (AvgIpc) is 2.45. The molecule has 1 heterocycles. The van der Waals surface area contributed by atoms with Gasteiger partial charge in [-0.1, -0.05) is 36.4 Å². The minimum absolute atomic E-state index is 0.639. The molecule has 3 nitrogen and oxygen atoms in total. The van der Waals surface area contributed by atoms with Crippen molar-refractivity contribution in [3.8, 4) is 0 Å². The molecule has 0 saturated carbocycles. The van der Waals surface area contributed by atoms with Crippen LogP contribution in [0.5, 0.6) is 0 Å². The van der Waals surface area contributed by atoms with Crippen molar-refractivity contribution >= 4 is 6.08 Å². The van der Waals surface area contributed by atoms with Crippen molar-refractivity contribution in [3.63, 3.8) is 0 Å². The summed E-state index contributed by atoms with van der Waals surface area (Å²) in [6.45, 7) is 2.78. The van der Waals surface area contributed by atoms with Gasteiger partial charge in [0.15, 0.2) is 0 Å². The number of aliphatic hydroxyl groups is 1. The van der Waals surface area contributed by atoms with E-state index >= 15 is 0 Å². The van der Waals surface area contributed by atoms with Crippen molar-refractivity contribution < 1.29 is 5.11 Å². The average molecular weight is 260 g/mol. The molecule has 1 aromatic carbocycles. The van der Waals surface area contributed by atoms with Crippen molar-refractivity contribution in [2.45, 2.75) is 24.9 Å². The topological polar surface area (TPSA) is 44.3 Å². The van der Waals surface area contributed by atoms with Crippen LogP contribution in [-0.4, -0.2) is 31.8 Å². The zero-order valence-corrected chi connectivity index (χ0v) is 11.7. The van der Waals surface area contributed by atoms with Crippen LogP contribution in [0.15, 0.2) is 30.3 Å². The standard InChI is InChI=1S/C16H24N2O/c1-17-11-3-2-4-14-5-7-15(8-6-14)16(19)9-12-18-13-10-16/h2,4-8,17-19H,3,9-13H2,1H3. The third-order valence-electron chi connectivity index (χ3n) is 3.75.